The number of halogens is 3. The van der Waals surface area contributed by atoms with E-state index < -0.39 is 26.8 Å². The molecular weight excluding hydrogens is 539 g/mol. The van der Waals surface area contributed by atoms with Crippen LogP contribution in [-0.2, 0) is 22.8 Å². The van der Waals surface area contributed by atoms with Crippen LogP contribution in [0, 0.1) is 0 Å². The summed E-state index contributed by atoms with van der Waals surface area (Å²) in [4.78, 5) is 14.6. The molecule has 40 heavy (non-hydrogen) atoms. The lowest BCUT2D eigenvalue weighted by atomic mass is 10.0. The maximum atomic E-state index is 13.5. The number of alkyl halides is 3. The molecule has 0 aliphatic rings. The maximum Gasteiger partial charge on any atom is 0.416 e. The minimum atomic E-state index is -4.70. The molecule has 0 heterocycles. The Kier molecular flexibility index (Phi) is 8.64. The van der Waals surface area contributed by atoms with Gasteiger partial charge in [0.1, 0.15) is 10.6 Å². The van der Waals surface area contributed by atoms with Crippen LogP contribution in [0.4, 0.5) is 13.2 Å². The topological polar surface area (TPSA) is 63.7 Å². The number of hydrogen-bond acceptors (Lipinski definition) is 4. The molecule has 4 aromatic rings. The second-order valence-electron chi connectivity index (χ2n) is 9.34. The molecule has 5 nitrogen and oxygen atoms in total. The maximum absolute atomic E-state index is 13.5. The minimum Gasteiger partial charge on any atom is -0.379 e. The normalized spacial score (nSPS) is 12.5. The molecule has 9 heteroatoms. The monoisotopic (exact) mass is 567 g/mol. The van der Waals surface area contributed by atoms with Gasteiger partial charge in [-0.25, -0.2) is 0 Å². The molecule has 0 aliphatic carbocycles. The van der Waals surface area contributed by atoms with E-state index in [1.807, 2.05) is 56.3 Å². The number of rotatable bonds is 9. The van der Waals surface area contributed by atoms with E-state index >= 15 is 0 Å². The Balaban J connectivity index is 1.54. The lowest BCUT2D eigenvalue weighted by molar-refractivity contribution is -0.137. The van der Waals surface area contributed by atoms with Gasteiger partial charge in [0.15, 0.2) is 0 Å². The highest BCUT2D eigenvalue weighted by Gasteiger charge is 2.32. The molecule has 208 valence electrons. The molecular formula is C31H28F3NO4S. The zero-order valence-corrected chi connectivity index (χ0v) is 22.7. The van der Waals surface area contributed by atoms with E-state index in [9.17, 15) is 26.4 Å². The van der Waals surface area contributed by atoms with Crippen molar-refractivity contribution >= 4 is 16.0 Å². The van der Waals surface area contributed by atoms with Crippen molar-refractivity contribution in [3.05, 3.63) is 120 Å². The number of carbonyl (C=O) groups excluding carboxylic acids is 1. The van der Waals surface area contributed by atoms with Gasteiger partial charge in [-0.15, -0.1) is 0 Å². The summed E-state index contributed by atoms with van der Waals surface area (Å²) in [5.41, 5.74) is 2.05. The fourth-order valence-electron chi connectivity index (χ4n) is 4.14. The molecule has 4 aromatic carbocycles. The van der Waals surface area contributed by atoms with Crippen LogP contribution in [0.25, 0.3) is 11.1 Å². The first-order valence-corrected chi connectivity index (χ1v) is 14.1. The van der Waals surface area contributed by atoms with E-state index in [4.69, 9.17) is 4.18 Å². The predicted octanol–water partition coefficient (Wildman–Crippen LogP) is 7.58. The summed E-state index contributed by atoms with van der Waals surface area (Å²) in [6.45, 7) is 4.06. The average Bonchev–Trinajstić information content (AvgIpc) is 2.95. The van der Waals surface area contributed by atoms with Gasteiger partial charge in [0, 0.05) is 18.2 Å². The SMILES string of the molecule is CCC(C)N(Cc1cccc(OS(=O)(=O)c2cccc(C(F)(F)F)c2)c1)C(=O)c1ccc(-c2ccccc2)cc1. The summed E-state index contributed by atoms with van der Waals surface area (Å²) in [6, 6.07) is 26.6. The fourth-order valence-corrected chi connectivity index (χ4v) is 5.11. The molecule has 0 saturated carbocycles. The lowest BCUT2D eigenvalue weighted by Crippen LogP contribution is -2.37. The highest BCUT2D eigenvalue weighted by molar-refractivity contribution is 7.87. The van der Waals surface area contributed by atoms with Gasteiger partial charge in [-0.2, -0.15) is 21.6 Å². The average molecular weight is 568 g/mol. The summed E-state index contributed by atoms with van der Waals surface area (Å²) in [6.07, 6.45) is -4.01. The van der Waals surface area contributed by atoms with Crippen LogP contribution < -0.4 is 4.18 Å². The Morgan fingerprint density at radius 1 is 0.850 bits per heavy atom. The summed E-state index contributed by atoms with van der Waals surface area (Å²) < 4.78 is 69.9. The summed E-state index contributed by atoms with van der Waals surface area (Å²) in [7, 11) is -4.53. The number of hydrogen-bond donors (Lipinski definition) is 0. The van der Waals surface area contributed by atoms with Gasteiger partial charge >= 0.3 is 16.3 Å². The Labute approximate surface area is 232 Å². The lowest BCUT2D eigenvalue weighted by Gasteiger charge is -2.29. The van der Waals surface area contributed by atoms with Gasteiger partial charge in [-0.1, -0.05) is 67.6 Å². The van der Waals surface area contributed by atoms with Crippen molar-refractivity contribution in [2.75, 3.05) is 0 Å². The molecule has 0 radical (unpaired) electrons. The van der Waals surface area contributed by atoms with E-state index in [2.05, 4.69) is 0 Å². The van der Waals surface area contributed by atoms with E-state index in [1.165, 1.54) is 12.1 Å². The van der Waals surface area contributed by atoms with Gasteiger partial charge in [-0.3, -0.25) is 4.79 Å². The summed E-state index contributed by atoms with van der Waals surface area (Å²) in [5.74, 6) is -0.254. The summed E-state index contributed by atoms with van der Waals surface area (Å²) in [5, 5.41) is 0. The third kappa shape index (κ3) is 6.90. The first-order chi connectivity index (χ1) is 19.0. The molecule has 0 spiro atoms. The van der Waals surface area contributed by atoms with Crippen LogP contribution in [0.2, 0.25) is 0 Å². The van der Waals surface area contributed by atoms with Gasteiger partial charge in [0.2, 0.25) is 0 Å². The smallest absolute Gasteiger partial charge is 0.379 e. The largest absolute Gasteiger partial charge is 0.416 e. The zero-order valence-electron chi connectivity index (χ0n) is 21.9. The Bertz CT molecular complexity index is 1570. The zero-order chi connectivity index (χ0) is 28.9. The number of carbonyl (C=O) groups is 1. The first kappa shape index (κ1) is 28.9. The molecule has 0 bridgehead atoms. The molecule has 4 rings (SSSR count). The molecule has 1 unspecified atom stereocenters. The predicted molar refractivity (Wildman–Crippen MR) is 147 cm³/mol. The van der Waals surface area contributed by atoms with Crippen molar-refractivity contribution in [3.63, 3.8) is 0 Å². The second kappa shape index (κ2) is 12.0. The quantitative estimate of drug-likeness (QED) is 0.196. The fraction of sp³-hybridized carbons (Fsp3) is 0.194. The Morgan fingerprint density at radius 3 is 2.15 bits per heavy atom. The van der Waals surface area contributed by atoms with Gasteiger partial charge in [-0.05, 0) is 72.5 Å². The van der Waals surface area contributed by atoms with Gasteiger partial charge in [0.25, 0.3) is 5.91 Å². The minimum absolute atomic E-state index is 0.0707. The standard InChI is InChI=1S/C31H28F3NO4S/c1-3-22(2)35(30(36)26-17-15-25(16-18-26)24-10-5-4-6-11-24)21-23-9-7-13-28(19-23)39-40(37,38)29-14-8-12-27(20-29)31(32,33)34/h4-20,22H,3,21H2,1-2H3. The van der Waals surface area contributed by atoms with Gasteiger partial charge in [0.05, 0.1) is 5.56 Å². The second-order valence-corrected chi connectivity index (χ2v) is 10.9. The number of benzene rings is 4. The van der Waals surface area contributed by atoms with Crippen LogP contribution in [0.5, 0.6) is 5.75 Å². The molecule has 1 atom stereocenters. The molecule has 0 aliphatic heterocycles. The van der Waals surface area contributed by atoms with E-state index in [0.29, 0.717) is 23.6 Å². The Morgan fingerprint density at radius 2 is 1.50 bits per heavy atom. The van der Waals surface area contributed by atoms with E-state index in [1.54, 1.807) is 29.2 Å². The van der Waals surface area contributed by atoms with Gasteiger partial charge < -0.3 is 9.08 Å². The van der Waals surface area contributed by atoms with Crippen LogP contribution in [-0.4, -0.2) is 25.3 Å². The molecule has 0 N–H and O–H groups in total. The third-order valence-electron chi connectivity index (χ3n) is 6.53. The molecule has 1 amide bonds. The van der Waals surface area contributed by atoms with E-state index in [0.717, 1.165) is 29.3 Å². The molecule has 0 aromatic heterocycles. The van der Waals surface area contributed by atoms with Crippen LogP contribution in [0.3, 0.4) is 0 Å². The highest BCUT2D eigenvalue weighted by atomic mass is 32.2. The van der Waals surface area contributed by atoms with Crippen LogP contribution in [0.1, 0.15) is 41.8 Å². The Hall–Kier alpha value is -4.11. The van der Waals surface area contributed by atoms with Crippen molar-refractivity contribution in [1.29, 1.82) is 0 Å². The molecule has 0 fully saturated rings. The highest BCUT2D eigenvalue weighted by Crippen LogP contribution is 2.31. The van der Waals surface area contributed by atoms with E-state index in [-0.39, 0.29) is 24.2 Å². The van der Waals surface area contributed by atoms with Crippen LogP contribution >= 0.6 is 0 Å². The summed E-state index contributed by atoms with van der Waals surface area (Å²) >= 11 is 0. The number of nitrogens with zero attached hydrogens (tertiary/aromatic N) is 1. The van der Waals surface area contributed by atoms with Crippen molar-refractivity contribution in [3.8, 4) is 16.9 Å². The third-order valence-corrected chi connectivity index (χ3v) is 7.77. The van der Waals surface area contributed by atoms with Crippen LogP contribution in [0.15, 0.2) is 108 Å². The van der Waals surface area contributed by atoms with Crippen molar-refractivity contribution in [1.82, 2.24) is 4.90 Å². The van der Waals surface area contributed by atoms with Crippen molar-refractivity contribution in [2.24, 2.45) is 0 Å². The van der Waals surface area contributed by atoms with Crippen molar-refractivity contribution in [2.45, 2.75) is 43.9 Å². The first-order valence-electron chi connectivity index (χ1n) is 12.6. The van der Waals surface area contributed by atoms with Crippen molar-refractivity contribution < 1.29 is 30.6 Å². The molecule has 0 saturated heterocycles. The number of amides is 1.